The Morgan fingerprint density at radius 2 is 1.76 bits per heavy atom. The molecule has 1 aliphatic carbocycles. The van der Waals surface area contributed by atoms with E-state index in [1.165, 1.54) is 47.6 Å². The van der Waals surface area contributed by atoms with Gasteiger partial charge in [0.25, 0.3) is 0 Å². The Hall–Kier alpha value is -1.30. The van der Waals surface area contributed by atoms with E-state index in [1.807, 2.05) is 0 Å². The van der Waals surface area contributed by atoms with Crippen molar-refractivity contribution in [1.82, 2.24) is 0 Å². The molecule has 0 aliphatic heterocycles. The topological polar surface area (TPSA) is 0 Å². The van der Waals surface area contributed by atoms with E-state index in [0.717, 1.165) is 5.92 Å². The second-order valence-corrected chi connectivity index (χ2v) is 5.51. The molecule has 88 valence electrons. The van der Waals surface area contributed by atoms with Gasteiger partial charge in [-0.3, -0.25) is 0 Å². The number of rotatable bonds is 1. The van der Waals surface area contributed by atoms with Gasteiger partial charge in [0, 0.05) is 0 Å². The summed E-state index contributed by atoms with van der Waals surface area (Å²) in [5, 5.41) is 2.94. The van der Waals surface area contributed by atoms with Crippen molar-refractivity contribution in [2.75, 3.05) is 0 Å². The summed E-state index contributed by atoms with van der Waals surface area (Å²) in [6, 6.07) is 11.4. The first-order valence-electron chi connectivity index (χ1n) is 6.75. The molecule has 2 aromatic carbocycles. The summed E-state index contributed by atoms with van der Waals surface area (Å²) >= 11 is 0. The van der Waals surface area contributed by atoms with E-state index in [2.05, 4.69) is 44.2 Å². The van der Waals surface area contributed by atoms with Crippen LogP contribution in [0.2, 0.25) is 0 Å². The predicted molar refractivity (Wildman–Crippen MR) is 74.6 cm³/mol. The van der Waals surface area contributed by atoms with Crippen molar-refractivity contribution in [2.24, 2.45) is 0 Å². The molecule has 0 atom stereocenters. The van der Waals surface area contributed by atoms with E-state index < -0.39 is 0 Å². The van der Waals surface area contributed by atoms with Gasteiger partial charge in [-0.1, -0.05) is 48.7 Å². The first-order valence-corrected chi connectivity index (χ1v) is 6.75. The van der Waals surface area contributed by atoms with E-state index in [9.17, 15) is 0 Å². The Labute approximate surface area is 104 Å². The molecule has 0 radical (unpaired) electrons. The van der Waals surface area contributed by atoms with E-state index in [4.69, 9.17) is 0 Å². The molecule has 0 nitrogen and oxygen atoms in total. The minimum absolute atomic E-state index is 0.804. The summed E-state index contributed by atoms with van der Waals surface area (Å²) in [6.45, 7) is 4.47. The van der Waals surface area contributed by atoms with Gasteiger partial charge < -0.3 is 0 Å². The van der Waals surface area contributed by atoms with Gasteiger partial charge in [-0.2, -0.15) is 0 Å². The van der Waals surface area contributed by atoms with Gasteiger partial charge in [0.05, 0.1) is 0 Å². The third-order valence-electron chi connectivity index (χ3n) is 4.16. The highest BCUT2D eigenvalue weighted by Crippen LogP contribution is 2.39. The lowest BCUT2D eigenvalue weighted by atomic mass is 9.89. The van der Waals surface area contributed by atoms with Crippen LogP contribution >= 0.6 is 0 Å². The third-order valence-corrected chi connectivity index (χ3v) is 4.16. The predicted octanol–water partition coefficient (Wildman–Crippen LogP) is 5.11. The van der Waals surface area contributed by atoms with Gasteiger partial charge in [-0.25, -0.2) is 0 Å². The van der Waals surface area contributed by atoms with Crippen molar-refractivity contribution in [2.45, 2.75) is 45.4 Å². The fraction of sp³-hybridized carbons (Fsp3) is 0.412. The van der Waals surface area contributed by atoms with Gasteiger partial charge in [0.2, 0.25) is 0 Å². The number of aryl methyl sites for hydroxylation is 2. The Bertz CT molecular complexity index is 545. The monoisotopic (exact) mass is 224 g/mol. The lowest BCUT2D eigenvalue weighted by Gasteiger charge is -2.16. The molecule has 0 spiro atoms. The minimum Gasteiger partial charge on any atom is -0.0614 e. The molecule has 0 heteroatoms. The molecule has 0 saturated heterocycles. The zero-order valence-electron chi connectivity index (χ0n) is 10.8. The van der Waals surface area contributed by atoms with Crippen LogP contribution in [0.1, 0.15) is 48.3 Å². The molecular formula is C17H20. The van der Waals surface area contributed by atoms with E-state index in [0.29, 0.717) is 0 Å². The zero-order valence-corrected chi connectivity index (χ0v) is 10.8. The second kappa shape index (κ2) is 4.18. The maximum Gasteiger partial charge on any atom is -0.0120 e. The second-order valence-electron chi connectivity index (χ2n) is 5.51. The molecule has 0 aromatic heterocycles. The third kappa shape index (κ3) is 1.86. The molecule has 2 aromatic rings. The van der Waals surface area contributed by atoms with Gasteiger partial charge in [0.1, 0.15) is 0 Å². The zero-order chi connectivity index (χ0) is 11.8. The molecule has 0 unspecified atom stereocenters. The molecule has 1 saturated carbocycles. The number of fused-ring (bicyclic) bond motifs is 1. The highest BCUT2D eigenvalue weighted by atomic mass is 14.2. The Kier molecular flexibility index (Phi) is 2.66. The Morgan fingerprint density at radius 1 is 1.00 bits per heavy atom. The summed E-state index contributed by atoms with van der Waals surface area (Å²) in [5.41, 5.74) is 4.45. The summed E-state index contributed by atoms with van der Waals surface area (Å²) < 4.78 is 0. The Balaban J connectivity index is 2.27. The molecule has 1 fully saturated rings. The summed E-state index contributed by atoms with van der Waals surface area (Å²) in [4.78, 5) is 0. The quantitative estimate of drug-likeness (QED) is 0.631. The maximum atomic E-state index is 2.42. The summed E-state index contributed by atoms with van der Waals surface area (Å²) in [6.07, 6.45) is 5.58. The van der Waals surface area contributed by atoms with Crippen LogP contribution in [0, 0.1) is 13.8 Å². The molecule has 0 bridgehead atoms. The molecule has 1 aliphatic rings. The van der Waals surface area contributed by atoms with Gasteiger partial charge in [0.15, 0.2) is 0 Å². The van der Waals surface area contributed by atoms with Crippen molar-refractivity contribution >= 4 is 10.8 Å². The smallest absolute Gasteiger partial charge is 0.0120 e. The van der Waals surface area contributed by atoms with Gasteiger partial charge >= 0.3 is 0 Å². The molecule has 0 N–H and O–H groups in total. The van der Waals surface area contributed by atoms with Crippen molar-refractivity contribution in [3.63, 3.8) is 0 Å². The maximum absolute atomic E-state index is 2.42. The number of hydrogen-bond donors (Lipinski definition) is 0. The van der Waals surface area contributed by atoms with Crippen LogP contribution in [0.25, 0.3) is 10.8 Å². The van der Waals surface area contributed by atoms with E-state index >= 15 is 0 Å². The lowest BCUT2D eigenvalue weighted by molar-refractivity contribution is 0.728. The molecule has 17 heavy (non-hydrogen) atoms. The molecule has 3 rings (SSSR count). The van der Waals surface area contributed by atoms with Crippen LogP contribution in [-0.4, -0.2) is 0 Å². The van der Waals surface area contributed by atoms with E-state index in [-0.39, 0.29) is 0 Å². The molecular weight excluding hydrogens is 204 g/mol. The van der Waals surface area contributed by atoms with Crippen LogP contribution < -0.4 is 0 Å². The van der Waals surface area contributed by atoms with Crippen LogP contribution in [0.5, 0.6) is 0 Å². The number of benzene rings is 2. The average Bonchev–Trinajstić information content (AvgIpc) is 2.81. The molecule has 0 amide bonds. The van der Waals surface area contributed by atoms with Crippen molar-refractivity contribution in [1.29, 1.82) is 0 Å². The first kappa shape index (κ1) is 10.8. The van der Waals surface area contributed by atoms with Crippen molar-refractivity contribution < 1.29 is 0 Å². The summed E-state index contributed by atoms with van der Waals surface area (Å²) in [5.74, 6) is 0.804. The van der Waals surface area contributed by atoms with Gasteiger partial charge in [-0.15, -0.1) is 0 Å². The first-order chi connectivity index (χ1) is 8.25. The largest absolute Gasteiger partial charge is 0.0614 e. The highest BCUT2D eigenvalue weighted by Gasteiger charge is 2.19. The Morgan fingerprint density at radius 3 is 2.53 bits per heavy atom. The fourth-order valence-electron chi connectivity index (χ4n) is 3.37. The number of hydrogen-bond acceptors (Lipinski definition) is 0. The van der Waals surface area contributed by atoms with Crippen molar-refractivity contribution in [3.05, 3.63) is 47.0 Å². The highest BCUT2D eigenvalue weighted by molar-refractivity contribution is 5.89. The van der Waals surface area contributed by atoms with Crippen molar-refractivity contribution in [3.8, 4) is 0 Å². The standard InChI is InChI=1S/C17H20/c1-12-10-15-9-5-6-13(2)17(15)16(11-12)14-7-3-4-8-14/h5-6,9-11,14H,3-4,7-8H2,1-2H3. The van der Waals surface area contributed by atoms with Crippen LogP contribution in [0.3, 0.4) is 0 Å². The van der Waals surface area contributed by atoms with E-state index in [1.54, 1.807) is 5.56 Å². The normalized spacial score (nSPS) is 16.8. The minimum atomic E-state index is 0.804. The van der Waals surface area contributed by atoms with Crippen LogP contribution in [0.15, 0.2) is 30.3 Å². The SMILES string of the molecule is Cc1cc(C2CCCC2)c2c(C)cccc2c1. The summed E-state index contributed by atoms with van der Waals surface area (Å²) in [7, 11) is 0. The molecule has 0 heterocycles. The van der Waals surface area contributed by atoms with Gasteiger partial charge in [-0.05, 0) is 54.5 Å². The van der Waals surface area contributed by atoms with Crippen LogP contribution in [-0.2, 0) is 0 Å². The fourth-order valence-corrected chi connectivity index (χ4v) is 3.37. The van der Waals surface area contributed by atoms with Crippen LogP contribution in [0.4, 0.5) is 0 Å². The lowest BCUT2D eigenvalue weighted by Crippen LogP contribution is -1.96. The average molecular weight is 224 g/mol.